The Kier molecular flexibility index (Phi) is 4.63. The van der Waals surface area contributed by atoms with E-state index in [1.54, 1.807) is 0 Å². The molecule has 2 heterocycles. The number of fused-ring (bicyclic) bond motifs is 1. The van der Waals surface area contributed by atoms with Gasteiger partial charge in [-0.05, 0) is 36.4 Å². The number of benzene rings is 1. The van der Waals surface area contributed by atoms with Crippen LogP contribution in [0.25, 0.3) is 0 Å². The second-order valence-corrected chi connectivity index (χ2v) is 6.61. The molecule has 0 amide bonds. The highest BCUT2D eigenvalue weighted by Crippen LogP contribution is 2.35. The van der Waals surface area contributed by atoms with Gasteiger partial charge in [0.1, 0.15) is 0 Å². The lowest BCUT2D eigenvalue weighted by Crippen LogP contribution is -2.48. The number of hydrogen-bond acceptors (Lipinski definition) is 6. The van der Waals surface area contributed by atoms with Crippen LogP contribution in [0.1, 0.15) is 18.5 Å². The number of piperazine rings is 1. The van der Waals surface area contributed by atoms with Crippen molar-refractivity contribution in [3.05, 3.63) is 23.8 Å². The van der Waals surface area contributed by atoms with Gasteiger partial charge in [0.15, 0.2) is 21.8 Å². The van der Waals surface area contributed by atoms with Gasteiger partial charge in [-0.25, -0.2) is 0 Å². The lowest BCUT2D eigenvalue weighted by atomic mass is 10.1. The predicted octanol–water partition coefficient (Wildman–Crippen LogP) is 1.66. The Bertz CT molecular complexity index is 616. The van der Waals surface area contributed by atoms with E-state index in [1.165, 1.54) is 5.56 Å². The molecule has 0 spiro atoms. The Morgan fingerprint density at radius 1 is 1.17 bits per heavy atom. The van der Waals surface area contributed by atoms with Gasteiger partial charge in [-0.1, -0.05) is 6.07 Å². The van der Waals surface area contributed by atoms with Crippen LogP contribution in [0.5, 0.6) is 11.5 Å². The van der Waals surface area contributed by atoms with Crippen molar-refractivity contribution >= 4 is 22.1 Å². The van der Waals surface area contributed by atoms with Gasteiger partial charge in [0, 0.05) is 32.2 Å². The molecular weight excluding hydrogens is 314 g/mol. The van der Waals surface area contributed by atoms with Crippen LogP contribution in [-0.2, 0) is 0 Å². The molecule has 8 heteroatoms. The zero-order valence-corrected chi connectivity index (χ0v) is 13.9. The molecule has 7 nitrogen and oxygen atoms in total. The van der Waals surface area contributed by atoms with Gasteiger partial charge in [0.05, 0.1) is 0 Å². The van der Waals surface area contributed by atoms with E-state index in [4.69, 9.17) is 26.0 Å². The molecule has 1 saturated heterocycles. The lowest BCUT2D eigenvalue weighted by Gasteiger charge is -2.38. The number of rotatable bonds is 2. The summed E-state index contributed by atoms with van der Waals surface area (Å²) in [5.41, 5.74) is 6.55. The molecule has 1 aromatic carbocycles. The monoisotopic (exact) mass is 335 g/mol. The Balaban J connectivity index is 1.59. The molecule has 0 radical (unpaired) electrons. The lowest BCUT2D eigenvalue weighted by molar-refractivity contribution is 0.141. The maximum Gasteiger partial charge on any atom is 0.231 e. The minimum Gasteiger partial charge on any atom is -0.454 e. The standard InChI is InChI=1S/C15H21N5O2S/c1-10(11-2-3-12-13(8-11)22-9-21-12)19-4-6-20(7-5-19)15(18)23-14(16)17/h2-3,8,10,18H,4-7,9H2,1H3,(H3,16,17)/t10-/m0/s1. The zero-order valence-electron chi connectivity index (χ0n) is 13.0. The fourth-order valence-electron chi connectivity index (χ4n) is 2.86. The van der Waals surface area contributed by atoms with Crippen molar-refractivity contribution in [2.24, 2.45) is 5.73 Å². The second-order valence-electron chi connectivity index (χ2n) is 5.58. The molecule has 4 N–H and O–H groups in total. The zero-order chi connectivity index (χ0) is 16.4. The summed E-state index contributed by atoms with van der Waals surface area (Å²) >= 11 is 1.00. The highest BCUT2D eigenvalue weighted by molar-refractivity contribution is 8.26. The fraction of sp³-hybridized carbons (Fsp3) is 0.467. The van der Waals surface area contributed by atoms with Crippen molar-refractivity contribution in [1.82, 2.24) is 9.80 Å². The van der Waals surface area contributed by atoms with Gasteiger partial charge in [0.25, 0.3) is 0 Å². The number of thioether (sulfide) groups is 1. The van der Waals surface area contributed by atoms with Crippen molar-refractivity contribution in [1.29, 1.82) is 10.8 Å². The van der Waals surface area contributed by atoms with E-state index in [-0.39, 0.29) is 11.2 Å². The number of nitrogens with one attached hydrogen (secondary N) is 2. The SMILES string of the molecule is C[C@@H](c1ccc2c(c1)OCO2)N1CCN(C(=N)SC(=N)N)CC1. The minimum atomic E-state index is -0.0360. The van der Waals surface area contributed by atoms with E-state index in [0.29, 0.717) is 12.0 Å². The van der Waals surface area contributed by atoms with Crippen LogP contribution in [0.15, 0.2) is 18.2 Å². The van der Waals surface area contributed by atoms with Crippen LogP contribution in [0, 0.1) is 10.8 Å². The molecule has 0 aliphatic carbocycles. The van der Waals surface area contributed by atoms with Crippen LogP contribution >= 0.6 is 11.8 Å². The largest absolute Gasteiger partial charge is 0.454 e. The van der Waals surface area contributed by atoms with E-state index in [9.17, 15) is 0 Å². The van der Waals surface area contributed by atoms with Gasteiger partial charge in [0.2, 0.25) is 6.79 Å². The molecule has 0 saturated carbocycles. The first-order valence-corrected chi connectivity index (χ1v) is 8.35. The summed E-state index contributed by atoms with van der Waals surface area (Å²) in [6.45, 7) is 5.76. The quantitative estimate of drug-likeness (QED) is 0.561. The molecule has 1 atom stereocenters. The van der Waals surface area contributed by atoms with Crippen LogP contribution < -0.4 is 15.2 Å². The molecule has 2 aliphatic heterocycles. The van der Waals surface area contributed by atoms with Gasteiger partial charge in [-0.2, -0.15) is 0 Å². The van der Waals surface area contributed by atoms with Crippen molar-refractivity contribution in [3.63, 3.8) is 0 Å². The van der Waals surface area contributed by atoms with Crippen LogP contribution in [0.2, 0.25) is 0 Å². The molecule has 23 heavy (non-hydrogen) atoms. The van der Waals surface area contributed by atoms with Crippen molar-refractivity contribution < 1.29 is 9.47 Å². The van der Waals surface area contributed by atoms with Crippen LogP contribution in [-0.4, -0.2) is 53.1 Å². The minimum absolute atomic E-state index is 0.0360. The highest BCUT2D eigenvalue weighted by Gasteiger charge is 2.25. The number of nitrogens with zero attached hydrogens (tertiary/aromatic N) is 2. The van der Waals surface area contributed by atoms with E-state index < -0.39 is 0 Å². The predicted molar refractivity (Wildman–Crippen MR) is 91.4 cm³/mol. The first-order chi connectivity index (χ1) is 11.0. The van der Waals surface area contributed by atoms with Gasteiger partial charge < -0.3 is 20.1 Å². The van der Waals surface area contributed by atoms with Crippen molar-refractivity contribution in [2.45, 2.75) is 13.0 Å². The molecule has 0 aromatic heterocycles. The van der Waals surface area contributed by atoms with Crippen molar-refractivity contribution in [2.75, 3.05) is 33.0 Å². The first-order valence-electron chi connectivity index (χ1n) is 7.53. The third kappa shape index (κ3) is 3.53. The highest BCUT2D eigenvalue weighted by atomic mass is 32.2. The summed E-state index contributed by atoms with van der Waals surface area (Å²) in [5, 5.41) is 15.5. The fourth-order valence-corrected chi connectivity index (χ4v) is 3.38. The summed E-state index contributed by atoms with van der Waals surface area (Å²) in [4.78, 5) is 4.36. The van der Waals surface area contributed by atoms with Gasteiger partial charge in [-0.15, -0.1) is 0 Å². The van der Waals surface area contributed by atoms with Crippen molar-refractivity contribution in [3.8, 4) is 11.5 Å². The van der Waals surface area contributed by atoms with Crippen LogP contribution in [0.3, 0.4) is 0 Å². The summed E-state index contributed by atoms with van der Waals surface area (Å²) in [7, 11) is 0. The molecule has 0 bridgehead atoms. The van der Waals surface area contributed by atoms with Gasteiger partial charge >= 0.3 is 0 Å². The molecular formula is C15H21N5O2S. The third-order valence-corrected chi connectivity index (χ3v) is 4.91. The second kappa shape index (κ2) is 6.67. The molecule has 0 unspecified atom stereocenters. The number of amidine groups is 2. The van der Waals surface area contributed by atoms with E-state index >= 15 is 0 Å². The third-order valence-electron chi connectivity index (χ3n) is 4.23. The Morgan fingerprint density at radius 3 is 2.57 bits per heavy atom. The topological polar surface area (TPSA) is 98.7 Å². The smallest absolute Gasteiger partial charge is 0.231 e. The molecule has 2 aliphatic rings. The normalized spacial score (nSPS) is 18.7. The maximum absolute atomic E-state index is 7.95. The maximum atomic E-state index is 7.95. The summed E-state index contributed by atoms with van der Waals surface area (Å²) in [6, 6.07) is 6.37. The average molecular weight is 335 g/mol. The summed E-state index contributed by atoms with van der Waals surface area (Å²) in [6.07, 6.45) is 0. The van der Waals surface area contributed by atoms with E-state index in [2.05, 4.69) is 17.9 Å². The number of hydrogen-bond donors (Lipinski definition) is 3. The Labute approximate surface area is 139 Å². The summed E-state index contributed by atoms with van der Waals surface area (Å²) < 4.78 is 10.8. The summed E-state index contributed by atoms with van der Waals surface area (Å²) in [5.74, 6) is 1.62. The molecule has 3 rings (SSSR count). The Hall–Kier alpha value is -1.93. The first kappa shape index (κ1) is 15.9. The average Bonchev–Trinajstić information content (AvgIpc) is 3.01. The number of ether oxygens (including phenoxy) is 2. The molecule has 1 aromatic rings. The van der Waals surface area contributed by atoms with Gasteiger partial charge in [-0.3, -0.25) is 15.7 Å². The number of nitrogens with two attached hydrogens (primary N) is 1. The van der Waals surface area contributed by atoms with E-state index in [1.807, 2.05) is 17.0 Å². The molecule has 1 fully saturated rings. The Morgan fingerprint density at radius 2 is 1.87 bits per heavy atom. The van der Waals surface area contributed by atoms with E-state index in [0.717, 1.165) is 49.4 Å². The molecule has 124 valence electrons. The van der Waals surface area contributed by atoms with Crippen LogP contribution in [0.4, 0.5) is 0 Å².